The van der Waals surface area contributed by atoms with Crippen molar-refractivity contribution in [2.75, 3.05) is 25.0 Å². The minimum Gasteiger partial charge on any atom is -0.313 e. The van der Waals surface area contributed by atoms with Crippen LogP contribution in [0.2, 0.25) is 10.0 Å². The molecule has 0 fully saturated rings. The van der Waals surface area contributed by atoms with Crippen LogP contribution in [-0.4, -0.2) is 43.1 Å². The van der Waals surface area contributed by atoms with Crippen LogP contribution in [-0.2, 0) is 4.79 Å². The molecule has 7 heteroatoms. The number of amides is 1. The van der Waals surface area contributed by atoms with Gasteiger partial charge in [0.05, 0.1) is 10.7 Å². The second-order valence-corrected chi connectivity index (χ2v) is 6.74. The molecule has 0 N–H and O–H groups in total. The monoisotopic (exact) mass is 389 g/mol. The van der Waals surface area contributed by atoms with Gasteiger partial charge in [-0.15, -0.1) is 0 Å². The molecule has 2 aromatic rings. The number of hydrogen-bond acceptors (Lipinski definition) is 4. The number of ketones is 1. The van der Waals surface area contributed by atoms with Gasteiger partial charge in [0.2, 0.25) is 5.91 Å². The van der Waals surface area contributed by atoms with Gasteiger partial charge in [-0.2, -0.15) is 5.10 Å². The molecule has 0 saturated carbocycles. The summed E-state index contributed by atoms with van der Waals surface area (Å²) in [5.74, 6) is -0.452. The SMILES string of the molecule is CN(C(=O)CN1CCC=N1)c1ccc(Cl)cc1C(=O)c1ccccc1Cl. The highest BCUT2D eigenvalue weighted by Crippen LogP contribution is 2.28. The molecule has 5 nitrogen and oxygen atoms in total. The molecule has 26 heavy (non-hydrogen) atoms. The molecule has 0 spiro atoms. The van der Waals surface area contributed by atoms with Crippen molar-refractivity contribution in [3.8, 4) is 0 Å². The Bertz CT molecular complexity index is 883. The zero-order valence-electron chi connectivity index (χ0n) is 14.2. The van der Waals surface area contributed by atoms with Gasteiger partial charge in [0.1, 0.15) is 6.54 Å². The highest BCUT2D eigenvalue weighted by atomic mass is 35.5. The highest BCUT2D eigenvalue weighted by Gasteiger charge is 2.23. The molecule has 0 aromatic heterocycles. The van der Waals surface area contributed by atoms with Crippen LogP contribution in [0.15, 0.2) is 47.6 Å². The molecular formula is C19H17Cl2N3O2. The Morgan fingerprint density at radius 1 is 1.15 bits per heavy atom. The van der Waals surface area contributed by atoms with Crippen molar-refractivity contribution in [3.63, 3.8) is 0 Å². The van der Waals surface area contributed by atoms with E-state index in [1.54, 1.807) is 60.7 Å². The summed E-state index contributed by atoms with van der Waals surface area (Å²) in [5.41, 5.74) is 1.17. The molecule has 0 bridgehead atoms. The molecule has 0 unspecified atom stereocenters. The topological polar surface area (TPSA) is 53.0 Å². The molecule has 1 aliphatic heterocycles. The summed E-state index contributed by atoms with van der Waals surface area (Å²) in [6.45, 7) is 0.862. The number of rotatable bonds is 5. The molecule has 0 aliphatic carbocycles. The third kappa shape index (κ3) is 3.89. The van der Waals surface area contributed by atoms with Crippen molar-refractivity contribution in [3.05, 3.63) is 63.6 Å². The summed E-state index contributed by atoms with van der Waals surface area (Å²) < 4.78 is 0. The molecule has 134 valence electrons. The fourth-order valence-electron chi connectivity index (χ4n) is 2.73. The Hall–Kier alpha value is -2.37. The average Bonchev–Trinajstić information content (AvgIpc) is 3.14. The van der Waals surface area contributed by atoms with E-state index in [2.05, 4.69) is 5.10 Å². The minimum absolute atomic E-state index is 0.148. The summed E-state index contributed by atoms with van der Waals surface area (Å²) in [5, 5.41) is 6.60. The lowest BCUT2D eigenvalue weighted by Crippen LogP contribution is -2.36. The predicted molar refractivity (Wildman–Crippen MR) is 104 cm³/mol. The second kappa shape index (κ2) is 7.89. The highest BCUT2D eigenvalue weighted by molar-refractivity contribution is 6.36. The molecule has 1 heterocycles. The summed E-state index contributed by atoms with van der Waals surface area (Å²) in [6.07, 6.45) is 2.61. The third-order valence-electron chi connectivity index (χ3n) is 4.14. The van der Waals surface area contributed by atoms with Gasteiger partial charge in [-0.25, -0.2) is 0 Å². The molecule has 1 amide bonds. The molecule has 2 aromatic carbocycles. The molecule has 0 radical (unpaired) electrons. The maximum atomic E-state index is 13.0. The van der Waals surface area contributed by atoms with Gasteiger partial charge in [0, 0.05) is 42.4 Å². The number of hydrogen-bond donors (Lipinski definition) is 0. The van der Waals surface area contributed by atoms with Gasteiger partial charge in [-0.05, 0) is 30.3 Å². The fraction of sp³-hybridized carbons (Fsp3) is 0.211. The first-order chi connectivity index (χ1) is 12.5. The smallest absolute Gasteiger partial charge is 0.248 e. The molecule has 0 atom stereocenters. The van der Waals surface area contributed by atoms with E-state index in [9.17, 15) is 9.59 Å². The number of carbonyl (C=O) groups excluding carboxylic acids is 2. The zero-order valence-corrected chi connectivity index (χ0v) is 15.7. The molecular weight excluding hydrogens is 373 g/mol. The van der Waals surface area contributed by atoms with E-state index >= 15 is 0 Å². The van der Waals surface area contributed by atoms with Crippen molar-refractivity contribution < 1.29 is 9.59 Å². The summed E-state index contributed by atoms with van der Waals surface area (Å²) >= 11 is 12.3. The summed E-state index contributed by atoms with van der Waals surface area (Å²) in [6, 6.07) is 11.7. The first-order valence-electron chi connectivity index (χ1n) is 8.10. The fourth-order valence-corrected chi connectivity index (χ4v) is 3.12. The van der Waals surface area contributed by atoms with E-state index in [0.29, 0.717) is 33.4 Å². The maximum absolute atomic E-state index is 13.0. The number of halogens is 2. The van der Waals surface area contributed by atoms with Crippen LogP contribution in [0.5, 0.6) is 0 Å². The maximum Gasteiger partial charge on any atom is 0.248 e. The Labute approximate surface area is 161 Å². The van der Waals surface area contributed by atoms with E-state index in [0.717, 1.165) is 6.42 Å². The number of benzene rings is 2. The molecule has 1 aliphatic rings. The van der Waals surface area contributed by atoms with Crippen LogP contribution in [0, 0.1) is 0 Å². The van der Waals surface area contributed by atoms with Crippen LogP contribution in [0.25, 0.3) is 0 Å². The van der Waals surface area contributed by atoms with E-state index in [-0.39, 0.29) is 18.2 Å². The number of nitrogens with zero attached hydrogens (tertiary/aromatic N) is 3. The zero-order chi connectivity index (χ0) is 18.7. The van der Waals surface area contributed by atoms with Gasteiger partial charge in [0.15, 0.2) is 5.78 Å². The van der Waals surface area contributed by atoms with Crippen molar-refractivity contribution >= 4 is 46.8 Å². The average molecular weight is 390 g/mol. The summed E-state index contributed by atoms with van der Waals surface area (Å²) in [4.78, 5) is 27.1. The quantitative estimate of drug-likeness (QED) is 0.729. The van der Waals surface area contributed by atoms with Gasteiger partial charge < -0.3 is 4.90 Å². The first kappa shape index (κ1) is 18.4. The van der Waals surface area contributed by atoms with Gasteiger partial charge in [-0.1, -0.05) is 35.3 Å². The first-order valence-corrected chi connectivity index (χ1v) is 8.85. The van der Waals surface area contributed by atoms with Crippen molar-refractivity contribution in [1.29, 1.82) is 0 Å². The van der Waals surface area contributed by atoms with Crippen LogP contribution in [0.1, 0.15) is 22.3 Å². The normalized spacial score (nSPS) is 13.1. The van der Waals surface area contributed by atoms with Crippen LogP contribution >= 0.6 is 23.2 Å². The number of carbonyl (C=O) groups is 2. The Balaban J connectivity index is 1.92. The van der Waals surface area contributed by atoms with E-state index < -0.39 is 0 Å². The van der Waals surface area contributed by atoms with E-state index in [1.807, 2.05) is 0 Å². The molecule has 3 rings (SSSR count). The number of likely N-dealkylation sites (N-methyl/N-ethyl adjacent to an activating group) is 1. The number of hydrazone groups is 1. The molecule has 0 saturated heterocycles. The van der Waals surface area contributed by atoms with E-state index in [1.165, 1.54) is 4.90 Å². The van der Waals surface area contributed by atoms with Crippen molar-refractivity contribution in [2.45, 2.75) is 6.42 Å². The van der Waals surface area contributed by atoms with Gasteiger partial charge >= 0.3 is 0 Å². The second-order valence-electron chi connectivity index (χ2n) is 5.90. The predicted octanol–water partition coefficient (Wildman–Crippen LogP) is 3.88. The Kier molecular flexibility index (Phi) is 5.59. The van der Waals surface area contributed by atoms with Gasteiger partial charge in [0.25, 0.3) is 0 Å². The minimum atomic E-state index is -0.285. The Morgan fingerprint density at radius 2 is 1.92 bits per heavy atom. The largest absolute Gasteiger partial charge is 0.313 e. The lowest BCUT2D eigenvalue weighted by Gasteiger charge is -2.23. The van der Waals surface area contributed by atoms with Crippen LogP contribution in [0.3, 0.4) is 0 Å². The van der Waals surface area contributed by atoms with Crippen molar-refractivity contribution in [2.24, 2.45) is 5.10 Å². The van der Waals surface area contributed by atoms with Gasteiger partial charge in [-0.3, -0.25) is 14.6 Å². The van der Waals surface area contributed by atoms with Crippen LogP contribution < -0.4 is 4.90 Å². The standard InChI is InChI=1S/C19H17Cl2N3O2/c1-23(18(25)12-24-10-4-9-22-24)17-8-7-13(20)11-15(17)19(26)14-5-2-3-6-16(14)21/h2-3,5-9,11H,4,10,12H2,1H3. The third-order valence-corrected chi connectivity index (χ3v) is 4.70. The Morgan fingerprint density at radius 3 is 2.62 bits per heavy atom. The van der Waals surface area contributed by atoms with Crippen LogP contribution in [0.4, 0.5) is 5.69 Å². The van der Waals surface area contributed by atoms with E-state index in [4.69, 9.17) is 23.2 Å². The lowest BCUT2D eigenvalue weighted by molar-refractivity contribution is -0.119. The van der Waals surface area contributed by atoms with Crippen molar-refractivity contribution in [1.82, 2.24) is 5.01 Å². The summed E-state index contributed by atoms with van der Waals surface area (Å²) in [7, 11) is 1.63. The lowest BCUT2D eigenvalue weighted by atomic mass is 10.0. The number of anilines is 1.